The lowest BCUT2D eigenvalue weighted by Crippen LogP contribution is -2.40. The number of likely N-dealkylation sites (tertiary alicyclic amines) is 1. The Labute approximate surface area is 107 Å². The van der Waals surface area contributed by atoms with Crippen LogP contribution >= 0.6 is 0 Å². The number of nitrogens with zero attached hydrogens (tertiary/aromatic N) is 1. The average molecular weight is 274 g/mol. The Bertz CT molecular complexity index is 496. The normalized spacial score (nSPS) is 18.7. The second-order valence-corrected chi connectivity index (χ2v) is 4.35. The number of nitrogens with one attached hydrogen (secondary N) is 1. The number of aliphatic hydroxyl groups is 1. The van der Waals surface area contributed by atoms with Crippen molar-refractivity contribution in [3.63, 3.8) is 0 Å². The smallest absolute Gasteiger partial charge is 0.322 e. The first-order valence-electron chi connectivity index (χ1n) is 5.86. The van der Waals surface area contributed by atoms with Crippen LogP contribution in [0.2, 0.25) is 0 Å². The zero-order chi connectivity index (χ0) is 14.0. The predicted octanol–water partition coefficient (Wildman–Crippen LogP) is 2.09. The number of urea groups is 1. The fourth-order valence-corrected chi connectivity index (χ4v) is 2.10. The molecular formula is C12H13F3N2O2. The van der Waals surface area contributed by atoms with Gasteiger partial charge in [0.2, 0.25) is 0 Å². The second kappa shape index (κ2) is 5.48. The molecule has 2 N–H and O–H groups in total. The summed E-state index contributed by atoms with van der Waals surface area (Å²) in [5.41, 5.74) is -0.424. The standard InChI is InChI=1S/C12H13F3N2O2/c13-8-4-10(15)11(5-9(8)14)16-12(19)17-3-1-2-7(17)6-18/h4-5,7,18H,1-3,6H2,(H,16,19). The first-order valence-corrected chi connectivity index (χ1v) is 5.86. The van der Waals surface area contributed by atoms with Crippen LogP contribution in [-0.2, 0) is 0 Å². The number of hydrogen-bond acceptors (Lipinski definition) is 2. The van der Waals surface area contributed by atoms with Gasteiger partial charge in [-0.3, -0.25) is 0 Å². The van der Waals surface area contributed by atoms with Crippen LogP contribution < -0.4 is 5.32 Å². The van der Waals surface area contributed by atoms with Gasteiger partial charge in [0.05, 0.1) is 18.3 Å². The summed E-state index contributed by atoms with van der Waals surface area (Å²) in [5.74, 6) is -3.60. The molecule has 0 aliphatic carbocycles. The molecule has 1 unspecified atom stereocenters. The van der Waals surface area contributed by atoms with E-state index in [9.17, 15) is 18.0 Å². The molecule has 1 aliphatic heterocycles. The SMILES string of the molecule is O=C(Nc1cc(F)c(F)cc1F)N1CCCC1CO. The minimum Gasteiger partial charge on any atom is -0.394 e. The van der Waals surface area contributed by atoms with Crippen LogP contribution in [0.5, 0.6) is 0 Å². The van der Waals surface area contributed by atoms with Gasteiger partial charge < -0.3 is 15.3 Å². The van der Waals surface area contributed by atoms with Gasteiger partial charge in [-0.2, -0.15) is 0 Å². The molecule has 1 atom stereocenters. The molecule has 0 bridgehead atoms. The third kappa shape index (κ3) is 2.81. The summed E-state index contributed by atoms with van der Waals surface area (Å²) in [6.07, 6.45) is 1.39. The molecule has 1 aliphatic rings. The first kappa shape index (κ1) is 13.7. The summed E-state index contributed by atoms with van der Waals surface area (Å²) in [4.78, 5) is 13.2. The van der Waals surface area contributed by atoms with Crippen LogP contribution in [0.15, 0.2) is 12.1 Å². The lowest BCUT2D eigenvalue weighted by Gasteiger charge is -2.23. The molecule has 0 aromatic heterocycles. The van der Waals surface area contributed by atoms with Gasteiger partial charge in [0, 0.05) is 18.7 Å². The number of amides is 2. The lowest BCUT2D eigenvalue weighted by molar-refractivity contribution is 0.166. The number of rotatable bonds is 2. The van der Waals surface area contributed by atoms with Gasteiger partial charge in [0.15, 0.2) is 11.6 Å². The minimum atomic E-state index is -1.31. The molecule has 1 aromatic rings. The van der Waals surface area contributed by atoms with Gasteiger partial charge in [0.1, 0.15) is 5.82 Å². The zero-order valence-corrected chi connectivity index (χ0v) is 10.00. The van der Waals surface area contributed by atoms with E-state index >= 15 is 0 Å². The van der Waals surface area contributed by atoms with E-state index in [-0.39, 0.29) is 12.6 Å². The fraction of sp³-hybridized carbons (Fsp3) is 0.417. The van der Waals surface area contributed by atoms with Crippen LogP contribution in [-0.4, -0.2) is 35.2 Å². The van der Waals surface area contributed by atoms with E-state index in [1.807, 2.05) is 0 Å². The highest BCUT2D eigenvalue weighted by atomic mass is 19.2. The maximum Gasteiger partial charge on any atom is 0.322 e. The number of aliphatic hydroxyl groups excluding tert-OH is 1. The summed E-state index contributed by atoms with van der Waals surface area (Å²) in [7, 11) is 0. The Hall–Kier alpha value is -1.76. The highest BCUT2D eigenvalue weighted by Gasteiger charge is 2.28. The summed E-state index contributed by atoms with van der Waals surface area (Å²) >= 11 is 0. The van der Waals surface area contributed by atoms with Gasteiger partial charge in [-0.15, -0.1) is 0 Å². The van der Waals surface area contributed by atoms with Crippen LogP contribution in [0, 0.1) is 17.5 Å². The maximum atomic E-state index is 13.4. The van der Waals surface area contributed by atoms with E-state index in [1.54, 1.807) is 0 Å². The van der Waals surface area contributed by atoms with Crippen molar-refractivity contribution < 1.29 is 23.1 Å². The molecule has 0 spiro atoms. The second-order valence-electron chi connectivity index (χ2n) is 4.35. The molecule has 104 valence electrons. The highest BCUT2D eigenvalue weighted by Crippen LogP contribution is 2.21. The molecule has 1 saturated heterocycles. The topological polar surface area (TPSA) is 52.6 Å². The molecule has 7 heteroatoms. The van der Waals surface area contributed by atoms with E-state index in [0.29, 0.717) is 25.1 Å². The van der Waals surface area contributed by atoms with Gasteiger partial charge in [-0.1, -0.05) is 0 Å². The highest BCUT2D eigenvalue weighted by molar-refractivity contribution is 5.89. The average Bonchev–Trinajstić information content (AvgIpc) is 2.84. The number of hydrogen-bond donors (Lipinski definition) is 2. The monoisotopic (exact) mass is 274 g/mol. The van der Waals surface area contributed by atoms with Gasteiger partial charge in [-0.25, -0.2) is 18.0 Å². The number of benzene rings is 1. The van der Waals surface area contributed by atoms with Crippen molar-refractivity contribution in [2.75, 3.05) is 18.5 Å². The fourth-order valence-electron chi connectivity index (χ4n) is 2.10. The van der Waals surface area contributed by atoms with Crippen LogP contribution in [0.4, 0.5) is 23.7 Å². The summed E-state index contributed by atoms with van der Waals surface area (Å²) < 4.78 is 39.1. The zero-order valence-electron chi connectivity index (χ0n) is 10.00. The number of carbonyl (C=O) groups excluding carboxylic acids is 1. The van der Waals surface area contributed by atoms with Gasteiger partial charge in [0.25, 0.3) is 0 Å². The van der Waals surface area contributed by atoms with E-state index in [2.05, 4.69) is 5.32 Å². The Morgan fingerprint density at radius 1 is 1.32 bits per heavy atom. The lowest BCUT2D eigenvalue weighted by atomic mass is 10.2. The molecular weight excluding hydrogens is 261 g/mol. The summed E-state index contributed by atoms with van der Waals surface area (Å²) in [6.45, 7) is 0.246. The minimum absolute atomic E-state index is 0.187. The molecule has 2 amide bonds. The largest absolute Gasteiger partial charge is 0.394 e. The van der Waals surface area contributed by atoms with Crippen molar-refractivity contribution in [1.29, 1.82) is 0 Å². The van der Waals surface area contributed by atoms with Crippen molar-refractivity contribution in [3.05, 3.63) is 29.6 Å². The van der Waals surface area contributed by atoms with Crippen molar-refractivity contribution in [3.8, 4) is 0 Å². The van der Waals surface area contributed by atoms with E-state index in [0.717, 1.165) is 6.42 Å². The number of anilines is 1. The van der Waals surface area contributed by atoms with Crippen molar-refractivity contribution in [2.24, 2.45) is 0 Å². The third-order valence-electron chi connectivity index (χ3n) is 3.10. The molecule has 4 nitrogen and oxygen atoms in total. The Balaban J connectivity index is 2.13. The summed E-state index contributed by atoms with van der Waals surface area (Å²) in [5, 5.41) is 11.3. The number of carbonyl (C=O) groups is 1. The molecule has 19 heavy (non-hydrogen) atoms. The summed E-state index contributed by atoms with van der Waals surface area (Å²) in [6, 6.07) is 0.000203. The Morgan fingerprint density at radius 3 is 2.68 bits per heavy atom. The van der Waals surface area contributed by atoms with Crippen LogP contribution in [0.25, 0.3) is 0 Å². The molecule has 1 aromatic carbocycles. The van der Waals surface area contributed by atoms with Gasteiger partial charge >= 0.3 is 6.03 Å². The third-order valence-corrected chi connectivity index (χ3v) is 3.10. The predicted molar refractivity (Wildman–Crippen MR) is 62.1 cm³/mol. The molecule has 2 rings (SSSR count). The quantitative estimate of drug-likeness (QED) is 0.811. The Kier molecular flexibility index (Phi) is 3.94. The van der Waals surface area contributed by atoms with Crippen LogP contribution in [0.1, 0.15) is 12.8 Å². The van der Waals surface area contributed by atoms with Gasteiger partial charge in [-0.05, 0) is 12.8 Å². The van der Waals surface area contributed by atoms with Crippen molar-refractivity contribution in [1.82, 2.24) is 4.90 Å². The van der Waals surface area contributed by atoms with Crippen LogP contribution in [0.3, 0.4) is 0 Å². The first-order chi connectivity index (χ1) is 9.02. The number of halogens is 3. The van der Waals surface area contributed by atoms with Crippen molar-refractivity contribution in [2.45, 2.75) is 18.9 Å². The molecule has 0 radical (unpaired) electrons. The molecule has 1 heterocycles. The van der Waals surface area contributed by atoms with E-state index in [4.69, 9.17) is 5.11 Å². The molecule has 1 fully saturated rings. The van der Waals surface area contributed by atoms with Crippen molar-refractivity contribution >= 4 is 11.7 Å². The van der Waals surface area contributed by atoms with E-state index < -0.39 is 29.2 Å². The maximum absolute atomic E-state index is 13.4. The van der Waals surface area contributed by atoms with E-state index in [1.165, 1.54) is 4.90 Å². The Morgan fingerprint density at radius 2 is 2.00 bits per heavy atom. The molecule has 0 saturated carbocycles.